The van der Waals surface area contributed by atoms with E-state index in [1.807, 2.05) is 6.92 Å². The van der Waals surface area contributed by atoms with Crippen LogP contribution in [0.2, 0.25) is 0 Å². The molecule has 1 amide bonds. The smallest absolute Gasteiger partial charge is 0.223 e. The van der Waals surface area contributed by atoms with E-state index in [9.17, 15) is 4.79 Å². The molecule has 4 nitrogen and oxygen atoms in total. The van der Waals surface area contributed by atoms with Crippen molar-refractivity contribution in [3.8, 4) is 0 Å². The second-order valence-electron chi connectivity index (χ2n) is 5.37. The van der Waals surface area contributed by atoms with Crippen molar-refractivity contribution in [1.82, 2.24) is 5.32 Å². The van der Waals surface area contributed by atoms with E-state index in [-0.39, 0.29) is 24.0 Å². The second kappa shape index (κ2) is 5.83. The predicted octanol–water partition coefficient (Wildman–Crippen LogP) is 1.05. The summed E-state index contributed by atoms with van der Waals surface area (Å²) >= 11 is 0. The van der Waals surface area contributed by atoms with Crippen LogP contribution in [0.15, 0.2) is 0 Å². The lowest BCUT2D eigenvalue weighted by Crippen LogP contribution is -2.46. The van der Waals surface area contributed by atoms with Gasteiger partial charge in [0.2, 0.25) is 5.91 Å². The third kappa shape index (κ3) is 2.99. The van der Waals surface area contributed by atoms with Gasteiger partial charge in [0, 0.05) is 12.5 Å². The summed E-state index contributed by atoms with van der Waals surface area (Å²) in [4.78, 5) is 12.2. The summed E-state index contributed by atoms with van der Waals surface area (Å²) in [5, 5.41) is 3.14. The van der Waals surface area contributed by atoms with Gasteiger partial charge in [0.1, 0.15) is 0 Å². The van der Waals surface area contributed by atoms with E-state index in [1.54, 1.807) is 0 Å². The minimum absolute atomic E-state index is 0.126. The van der Waals surface area contributed by atoms with Gasteiger partial charge in [0.25, 0.3) is 0 Å². The lowest BCUT2D eigenvalue weighted by Gasteiger charge is -2.31. The van der Waals surface area contributed by atoms with Crippen molar-refractivity contribution in [2.45, 2.75) is 51.2 Å². The van der Waals surface area contributed by atoms with Crippen molar-refractivity contribution in [1.29, 1.82) is 0 Å². The largest absolute Gasteiger partial charge is 0.376 e. The van der Waals surface area contributed by atoms with Crippen LogP contribution in [0.4, 0.5) is 0 Å². The summed E-state index contributed by atoms with van der Waals surface area (Å²) in [7, 11) is 0. The first-order valence-electron chi connectivity index (χ1n) is 6.84. The van der Waals surface area contributed by atoms with E-state index >= 15 is 0 Å². The lowest BCUT2D eigenvalue weighted by atomic mass is 9.78. The number of ether oxygens (including phenoxy) is 1. The van der Waals surface area contributed by atoms with Crippen LogP contribution in [-0.2, 0) is 9.53 Å². The fourth-order valence-corrected chi connectivity index (χ4v) is 3.05. The van der Waals surface area contributed by atoms with Crippen LogP contribution in [0.3, 0.4) is 0 Å². The van der Waals surface area contributed by atoms with Crippen LogP contribution in [0, 0.1) is 11.8 Å². The van der Waals surface area contributed by atoms with Gasteiger partial charge in [-0.05, 0) is 38.6 Å². The highest BCUT2D eigenvalue weighted by Crippen LogP contribution is 2.29. The molecular formula is C13H24N2O2. The molecule has 4 unspecified atom stereocenters. The van der Waals surface area contributed by atoms with Crippen molar-refractivity contribution in [2.75, 3.05) is 13.2 Å². The van der Waals surface area contributed by atoms with Gasteiger partial charge in [-0.25, -0.2) is 0 Å². The summed E-state index contributed by atoms with van der Waals surface area (Å²) < 4.78 is 5.47. The molecule has 0 bridgehead atoms. The van der Waals surface area contributed by atoms with Gasteiger partial charge in [-0.3, -0.25) is 4.79 Å². The molecular weight excluding hydrogens is 216 g/mol. The average molecular weight is 240 g/mol. The van der Waals surface area contributed by atoms with E-state index in [0.29, 0.717) is 12.5 Å². The number of rotatable bonds is 3. The van der Waals surface area contributed by atoms with Gasteiger partial charge >= 0.3 is 0 Å². The number of nitrogens with one attached hydrogen (secondary N) is 1. The van der Waals surface area contributed by atoms with Crippen LogP contribution >= 0.6 is 0 Å². The van der Waals surface area contributed by atoms with Crippen molar-refractivity contribution >= 4 is 5.91 Å². The molecule has 0 aromatic carbocycles. The van der Waals surface area contributed by atoms with Gasteiger partial charge in [-0.15, -0.1) is 0 Å². The Labute approximate surface area is 103 Å². The van der Waals surface area contributed by atoms with Crippen LogP contribution < -0.4 is 11.1 Å². The van der Waals surface area contributed by atoms with E-state index in [1.165, 1.54) is 6.42 Å². The predicted molar refractivity (Wildman–Crippen MR) is 66.5 cm³/mol. The van der Waals surface area contributed by atoms with Gasteiger partial charge in [-0.2, -0.15) is 0 Å². The number of carbonyl (C=O) groups excluding carboxylic acids is 1. The zero-order valence-corrected chi connectivity index (χ0v) is 10.7. The van der Waals surface area contributed by atoms with Gasteiger partial charge in [-0.1, -0.05) is 12.8 Å². The first-order valence-corrected chi connectivity index (χ1v) is 6.84. The Balaban J connectivity index is 1.89. The Morgan fingerprint density at radius 1 is 1.35 bits per heavy atom. The fraction of sp³-hybridized carbons (Fsp3) is 0.923. The monoisotopic (exact) mass is 240 g/mol. The minimum Gasteiger partial charge on any atom is -0.376 e. The quantitative estimate of drug-likeness (QED) is 0.775. The molecule has 0 radical (unpaired) electrons. The molecule has 4 heteroatoms. The van der Waals surface area contributed by atoms with Crippen molar-refractivity contribution in [2.24, 2.45) is 17.6 Å². The molecule has 1 aliphatic carbocycles. The molecule has 3 N–H and O–H groups in total. The second-order valence-corrected chi connectivity index (χ2v) is 5.37. The highest BCUT2D eigenvalue weighted by molar-refractivity contribution is 5.79. The molecule has 0 aromatic heterocycles. The highest BCUT2D eigenvalue weighted by atomic mass is 16.5. The standard InChI is InChI=1S/C13H24N2O2/c1-9-12(6-7-17-9)15-13(16)11-5-3-2-4-10(11)8-14/h9-12H,2-8,14H2,1H3,(H,15,16). The summed E-state index contributed by atoms with van der Waals surface area (Å²) in [6.07, 6.45) is 5.56. The molecule has 2 rings (SSSR count). The maximum Gasteiger partial charge on any atom is 0.223 e. The molecule has 1 saturated heterocycles. The zero-order valence-electron chi connectivity index (χ0n) is 10.7. The van der Waals surface area contributed by atoms with E-state index in [4.69, 9.17) is 10.5 Å². The van der Waals surface area contributed by atoms with E-state index in [2.05, 4.69) is 5.32 Å². The Bertz CT molecular complexity index is 270. The third-order valence-corrected chi connectivity index (χ3v) is 4.25. The molecule has 4 atom stereocenters. The lowest BCUT2D eigenvalue weighted by molar-refractivity contribution is -0.128. The highest BCUT2D eigenvalue weighted by Gasteiger charge is 2.33. The zero-order chi connectivity index (χ0) is 12.3. The number of carbonyl (C=O) groups is 1. The fourth-order valence-electron chi connectivity index (χ4n) is 3.05. The van der Waals surface area contributed by atoms with Crippen molar-refractivity contribution in [3.05, 3.63) is 0 Å². The number of amides is 1. The van der Waals surface area contributed by atoms with E-state index < -0.39 is 0 Å². The SMILES string of the molecule is CC1OCCC1NC(=O)C1CCCCC1CN. The maximum atomic E-state index is 12.2. The molecule has 0 aromatic rings. The number of nitrogens with two attached hydrogens (primary N) is 1. The van der Waals surface area contributed by atoms with Crippen molar-refractivity contribution in [3.63, 3.8) is 0 Å². The first-order chi connectivity index (χ1) is 8.22. The van der Waals surface area contributed by atoms with Gasteiger partial charge in [0.15, 0.2) is 0 Å². The molecule has 1 aliphatic heterocycles. The Morgan fingerprint density at radius 2 is 2.12 bits per heavy atom. The van der Waals surface area contributed by atoms with Crippen LogP contribution in [-0.4, -0.2) is 31.2 Å². The molecule has 1 heterocycles. The summed E-state index contributed by atoms with van der Waals surface area (Å²) in [5.41, 5.74) is 5.76. The van der Waals surface area contributed by atoms with Crippen LogP contribution in [0.25, 0.3) is 0 Å². The van der Waals surface area contributed by atoms with Crippen LogP contribution in [0.5, 0.6) is 0 Å². The minimum atomic E-state index is 0.126. The Morgan fingerprint density at radius 3 is 2.76 bits per heavy atom. The van der Waals surface area contributed by atoms with E-state index in [0.717, 1.165) is 32.3 Å². The van der Waals surface area contributed by atoms with Gasteiger partial charge < -0.3 is 15.8 Å². The molecule has 0 spiro atoms. The maximum absolute atomic E-state index is 12.2. The molecule has 1 saturated carbocycles. The Kier molecular flexibility index (Phi) is 4.40. The van der Waals surface area contributed by atoms with Crippen LogP contribution in [0.1, 0.15) is 39.0 Å². The first kappa shape index (κ1) is 12.8. The molecule has 98 valence electrons. The number of hydrogen-bond donors (Lipinski definition) is 2. The molecule has 2 aliphatic rings. The van der Waals surface area contributed by atoms with Gasteiger partial charge in [0.05, 0.1) is 12.1 Å². The van der Waals surface area contributed by atoms with Crippen molar-refractivity contribution < 1.29 is 9.53 Å². The Hall–Kier alpha value is -0.610. The summed E-state index contributed by atoms with van der Waals surface area (Å²) in [6.45, 7) is 3.42. The normalized spacial score (nSPS) is 38.0. The summed E-state index contributed by atoms with van der Waals surface area (Å²) in [6, 6.07) is 0.197. The third-order valence-electron chi connectivity index (χ3n) is 4.25. The topological polar surface area (TPSA) is 64.3 Å². The molecule has 2 fully saturated rings. The molecule has 17 heavy (non-hydrogen) atoms. The summed E-state index contributed by atoms with van der Waals surface area (Å²) in [5.74, 6) is 0.699. The average Bonchev–Trinajstić information content (AvgIpc) is 2.75. The number of hydrogen-bond acceptors (Lipinski definition) is 3.